The topological polar surface area (TPSA) is 59.0 Å². The van der Waals surface area contributed by atoms with Crippen molar-refractivity contribution in [2.24, 2.45) is 0 Å². The van der Waals surface area contributed by atoms with Crippen molar-refractivity contribution in [3.63, 3.8) is 0 Å². The van der Waals surface area contributed by atoms with E-state index in [1.54, 1.807) is 0 Å². The summed E-state index contributed by atoms with van der Waals surface area (Å²) < 4.78 is 11.8. The van der Waals surface area contributed by atoms with Gasteiger partial charge in [-0.25, -0.2) is 4.79 Å². The molecular formula is C32H34ClNO4. The highest BCUT2D eigenvalue weighted by molar-refractivity contribution is 5.85. The maximum atomic E-state index is 11.1. The van der Waals surface area contributed by atoms with Gasteiger partial charge in [-0.05, 0) is 71.7 Å². The molecular weight excluding hydrogens is 498 g/mol. The van der Waals surface area contributed by atoms with E-state index >= 15 is 0 Å². The maximum absolute atomic E-state index is 11.1. The lowest BCUT2D eigenvalue weighted by Gasteiger charge is -2.17. The summed E-state index contributed by atoms with van der Waals surface area (Å²) in [5, 5.41) is 9.12. The zero-order valence-corrected chi connectivity index (χ0v) is 22.6. The Bertz CT molecular complexity index is 1310. The Balaban J connectivity index is 0.00000400. The molecule has 5 nitrogen and oxygen atoms in total. The number of carboxylic acid groups (broad SMARTS) is 1. The average molecular weight is 532 g/mol. The van der Waals surface area contributed by atoms with E-state index in [1.807, 2.05) is 50.5 Å². The summed E-state index contributed by atoms with van der Waals surface area (Å²) in [6.45, 7) is 1.08. The van der Waals surface area contributed by atoms with E-state index in [2.05, 4.69) is 65.6 Å². The molecule has 38 heavy (non-hydrogen) atoms. The van der Waals surface area contributed by atoms with E-state index in [-0.39, 0.29) is 19.0 Å². The van der Waals surface area contributed by atoms with Crippen LogP contribution in [0.1, 0.15) is 22.3 Å². The first-order valence-electron chi connectivity index (χ1n) is 12.4. The number of carbonyl (C=O) groups is 1. The Kier molecular flexibility index (Phi) is 10.8. The van der Waals surface area contributed by atoms with Crippen LogP contribution in [0.3, 0.4) is 0 Å². The van der Waals surface area contributed by atoms with Gasteiger partial charge >= 0.3 is 5.97 Å². The minimum Gasteiger partial charge on any atom is -0.492 e. The normalized spacial score (nSPS) is 10.6. The number of hydrogen-bond donors (Lipinski definition) is 1. The van der Waals surface area contributed by atoms with E-state index in [0.29, 0.717) is 18.8 Å². The second-order valence-electron chi connectivity index (χ2n) is 9.30. The van der Waals surface area contributed by atoms with E-state index < -0.39 is 5.97 Å². The Morgan fingerprint density at radius 3 is 1.63 bits per heavy atom. The number of nitrogens with zero attached hydrogens (tertiary/aromatic N) is 1. The second kappa shape index (κ2) is 14.2. The molecule has 0 bridgehead atoms. The Hall–Kier alpha value is -3.80. The molecule has 1 N–H and O–H groups in total. The van der Waals surface area contributed by atoms with E-state index in [4.69, 9.17) is 14.6 Å². The van der Waals surface area contributed by atoms with Crippen LogP contribution < -0.4 is 9.47 Å². The zero-order chi connectivity index (χ0) is 26.0. The van der Waals surface area contributed by atoms with Gasteiger partial charge in [0.25, 0.3) is 0 Å². The van der Waals surface area contributed by atoms with Gasteiger partial charge in [0.05, 0.1) is 0 Å². The summed E-state index contributed by atoms with van der Waals surface area (Å²) >= 11 is 0. The zero-order valence-electron chi connectivity index (χ0n) is 21.8. The Morgan fingerprint density at radius 1 is 0.711 bits per heavy atom. The monoisotopic (exact) mass is 531 g/mol. The molecule has 0 aliphatic rings. The fraction of sp³-hybridized carbons (Fsp3) is 0.219. The average Bonchev–Trinajstić information content (AvgIpc) is 2.89. The lowest BCUT2D eigenvalue weighted by Crippen LogP contribution is -2.19. The van der Waals surface area contributed by atoms with Gasteiger partial charge < -0.3 is 19.5 Å². The first-order chi connectivity index (χ1) is 18.0. The number of hydrogen-bond acceptors (Lipinski definition) is 4. The molecule has 4 rings (SSSR count). The predicted octanol–water partition coefficient (Wildman–Crippen LogP) is 6.36. The molecule has 0 aromatic heterocycles. The van der Waals surface area contributed by atoms with Gasteiger partial charge in [-0.15, -0.1) is 12.4 Å². The molecule has 0 heterocycles. The van der Waals surface area contributed by atoms with Crippen LogP contribution in [0.2, 0.25) is 0 Å². The highest BCUT2D eigenvalue weighted by Gasteiger charge is 2.13. The summed E-state index contributed by atoms with van der Waals surface area (Å²) in [6, 6.07) is 32.8. The van der Waals surface area contributed by atoms with Gasteiger partial charge in [-0.2, -0.15) is 0 Å². The van der Waals surface area contributed by atoms with Crippen LogP contribution in [0.4, 0.5) is 0 Å². The molecule has 0 unspecified atom stereocenters. The molecule has 0 spiro atoms. The summed E-state index contributed by atoms with van der Waals surface area (Å²) in [7, 11) is 4.07. The molecule has 0 amide bonds. The quantitative estimate of drug-likeness (QED) is 0.230. The number of ether oxygens (including phenoxy) is 2. The van der Waals surface area contributed by atoms with Gasteiger partial charge in [0.2, 0.25) is 0 Å². The van der Waals surface area contributed by atoms with Crippen molar-refractivity contribution in [2.75, 3.05) is 33.9 Å². The molecule has 4 aromatic rings. The lowest BCUT2D eigenvalue weighted by molar-refractivity contribution is -0.139. The minimum atomic E-state index is -0.995. The van der Waals surface area contributed by atoms with Crippen molar-refractivity contribution in [1.82, 2.24) is 4.90 Å². The summed E-state index contributed by atoms with van der Waals surface area (Å²) in [5.74, 6) is 0.480. The number of aliphatic carboxylic acids is 1. The van der Waals surface area contributed by atoms with Crippen molar-refractivity contribution in [1.29, 1.82) is 0 Å². The van der Waals surface area contributed by atoms with Gasteiger partial charge in [-0.1, -0.05) is 72.8 Å². The molecule has 0 aliphatic carbocycles. The largest absolute Gasteiger partial charge is 0.492 e. The molecule has 0 radical (unpaired) electrons. The fourth-order valence-electron chi connectivity index (χ4n) is 4.19. The predicted molar refractivity (Wildman–Crippen MR) is 155 cm³/mol. The Labute approximate surface area is 231 Å². The van der Waals surface area contributed by atoms with Gasteiger partial charge in [-0.3, -0.25) is 0 Å². The Morgan fingerprint density at radius 2 is 1.18 bits per heavy atom. The number of benzene rings is 4. The number of halogens is 1. The van der Waals surface area contributed by atoms with Crippen molar-refractivity contribution in [2.45, 2.75) is 12.8 Å². The number of rotatable bonds is 12. The summed E-state index contributed by atoms with van der Waals surface area (Å²) in [5.41, 5.74) is 6.54. The maximum Gasteiger partial charge on any atom is 0.341 e. The molecule has 0 aliphatic heterocycles. The van der Waals surface area contributed by atoms with Crippen molar-refractivity contribution >= 4 is 18.4 Å². The highest BCUT2D eigenvalue weighted by Crippen LogP contribution is 2.32. The van der Waals surface area contributed by atoms with Crippen LogP contribution >= 0.6 is 12.4 Å². The third kappa shape index (κ3) is 8.37. The SMILES string of the molecule is CN(C)CCOc1ccc(-c2ccc(OCC(=O)O)c(Cc3ccccc3)c2)cc1Cc1ccccc1.Cl. The molecule has 4 aromatic carbocycles. The van der Waals surface area contributed by atoms with Crippen molar-refractivity contribution < 1.29 is 19.4 Å². The van der Waals surface area contributed by atoms with Gasteiger partial charge in [0, 0.05) is 19.4 Å². The first kappa shape index (κ1) is 28.8. The van der Waals surface area contributed by atoms with Crippen LogP contribution in [-0.2, 0) is 17.6 Å². The third-order valence-corrected chi connectivity index (χ3v) is 6.08. The lowest BCUT2D eigenvalue weighted by atomic mass is 9.95. The van der Waals surface area contributed by atoms with Crippen LogP contribution in [0, 0.1) is 0 Å². The molecule has 6 heteroatoms. The van der Waals surface area contributed by atoms with Crippen molar-refractivity contribution in [3.8, 4) is 22.6 Å². The van der Waals surface area contributed by atoms with E-state index in [9.17, 15) is 4.79 Å². The highest BCUT2D eigenvalue weighted by atomic mass is 35.5. The summed E-state index contributed by atoms with van der Waals surface area (Å²) in [4.78, 5) is 13.2. The molecule has 0 saturated carbocycles. The smallest absolute Gasteiger partial charge is 0.341 e. The fourth-order valence-corrected chi connectivity index (χ4v) is 4.19. The molecule has 198 valence electrons. The van der Waals surface area contributed by atoms with Crippen molar-refractivity contribution in [3.05, 3.63) is 119 Å². The van der Waals surface area contributed by atoms with Crippen LogP contribution in [-0.4, -0.2) is 49.8 Å². The van der Waals surface area contributed by atoms with Crippen LogP contribution in [0.5, 0.6) is 11.5 Å². The van der Waals surface area contributed by atoms with Gasteiger partial charge in [0.1, 0.15) is 18.1 Å². The van der Waals surface area contributed by atoms with Gasteiger partial charge in [0.15, 0.2) is 6.61 Å². The molecule has 0 saturated heterocycles. The minimum absolute atomic E-state index is 0. The van der Waals surface area contributed by atoms with Crippen LogP contribution in [0.25, 0.3) is 11.1 Å². The van der Waals surface area contributed by atoms with Crippen LogP contribution in [0.15, 0.2) is 97.1 Å². The summed E-state index contributed by atoms with van der Waals surface area (Å²) in [6.07, 6.45) is 1.41. The number of carboxylic acids is 1. The first-order valence-corrected chi connectivity index (χ1v) is 12.4. The third-order valence-electron chi connectivity index (χ3n) is 6.08. The van der Waals surface area contributed by atoms with E-state index in [1.165, 1.54) is 5.56 Å². The molecule has 0 fully saturated rings. The second-order valence-corrected chi connectivity index (χ2v) is 9.30. The standard InChI is InChI=1S/C32H33NO4.ClH/c1-33(2)17-18-36-30-15-13-26(21-28(30)19-24-9-5-3-6-10-24)27-14-16-31(37-23-32(34)35)29(22-27)20-25-11-7-4-8-12-25;/h3-16,21-22H,17-20,23H2,1-2H3,(H,34,35);1H. The van der Waals surface area contributed by atoms with E-state index in [0.717, 1.165) is 46.5 Å². The number of likely N-dealkylation sites (N-methyl/N-ethyl adjacent to an activating group) is 1. The molecule has 0 atom stereocenters.